The second-order valence-corrected chi connectivity index (χ2v) is 6.70. The molecule has 142 valence electrons. The van der Waals surface area contributed by atoms with E-state index in [4.69, 9.17) is 0 Å². The van der Waals surface area contributed by atoms with Gasteiger partial charge in [0.25, 0.3) is 0 Å². The number of anilines is 1. The van der Waals surface area contributed by atoms with Gasteiger partial charge in [0.15, 0.2) is 5.78 Å². The molecule has 3 rings (SSSR count). The smallest absolute Gasteiger partial charge is 0.226 e. The average molecular weight is 373 g/mol. The van der Waals surface area contributed by atoms with Gasteiger partial charge in [0.2, 0.25) is 5.91 Å². The highest BCUT2D eigenvalue weighted by Crippen LogP contribution is 2.26. The van der Waals surface area contributed by atoms with Gasteiger partial charge in [-0.2, -0.15) is 0 Å². The molecule has 0 aliphatic carbocycles. The van der Waals surface area contributed by atoms with E-state index in [1.807, 2.05) is 50.2 Å². The van der Waals surface area contributed by atoms with Crippen LogP contribution in [-0.4, -0.2) is 28.7 Å². The fourth-order valence-corrected chi connectivity index (χ4v) is 3.03. The third kappa shape index (κ3) is 4.31. The monoisotopic (exact) mass is 373 g/mol. The third-order valence-corrected chi connectivity index (χ3v) is 4.72. The Bertz CT molecular complexity index is 982. The molecule has 3 aromatic rings. The molecule has 0 bridgehead atoms. The number of hydrogen-bond donors (Lipinski definition) is 0. The second-order valence-electron chi connectivity index (χ2n) is 6.70. The lowest BCUT2D eigenvalue weighted by Crippen LogP contribution is -2.25. The normalized spacial score (nSPS) is 10.5. The predicted octanol–water partition coefficient (Wildman–Crippen LogP) is 4.25. The highest BCUT2D eigenvalue weighted by atomic mass is 16.2. The number of aryl methyl sites for hydroxylation is 1. The first-order chi connectivity index (χ1) is 13.5. The standard InChI is InChI=1S/C23H23N3O2/c1-4-23(28)26(3)19-8-9-20(16(2)12-19)21-10-7-18(15-25-21)22(27)13-17-6-5-11-24-14-17/h5-12,14-15H,4,13H2,1-3H3. The van der Waals surface area contributed by atoms with Gasteiger partial charge in [-0.3, -0.25) is 19.6 Å². The molecule has 28 heavy (non-hydrogen) atoms. The number of hydrogen-bond acceptors (Lipinski definition) is 4. The summed E-state index contributed by atoms with van der Waals surface area (Å²) in [7, 11) is 1.78. The van der Waals surface area contributed by atoms with E-state index in [2.05, 4.69) is 9.97 Å². The van der Waals surface area contributed by atoms with Crippen molar-refractivity contribution in [2.24, 2.45) is 0 Å². The third-order valence-electron chi connectivity index (χ3n) is 4.72. The minimum Gasteiger partial charge on any atom is -0.316 e. The number of ketones is 1. The van der Waals surface area contributed by atoms with Crippen molar-refractivity contribution in [3.63, 3.8) is 0 Å². The van der Waals surface area contributed by atoms with Crippen molar-refractivity contribution in [1.29, 1.82) is 0 Å². The van der Waals surface area contributed by atoms with Crippen LogP contribution in [0.5, 0.6) is 0 Å². The molecule has 0 radical (unpaired) electrons. The van der Waals surface area contributed by atoms with Gasteiger partial charge >= 0.3 is 0 Å². The number of nitrogens with zero attached hydrogens (tertiary/aromatic N) is 3. The second kappa shape index (κ2) is 8.57. The van der Waals surface area contributed by atoms with Crippen LogP contribution in [0.3, 0.4) is 0 Å². The molecule has 0 atom stereocenters. The van der Waals surface area contributed by atoms with Crippen molar-refractivity contribution in [2.75, 3.05) is 11.9 Å². The van der Waals surface area contributed by atoms with Crippen molar-refractivity contribution in [3.05, 3.63) is 77.7 Å². The zero-order valence-electron chi connectivity index (χ0n) is 16.3. The van der Waals surface area contributed by atoms with Gasteiger partial charge < -0.3 is 4.90 Å². The molecule has 0 aliphatic rings. The summed E-state index contributed by atoms with van der Waals surface area (Å²) in [5, 5.41) is 0. The Hall–Kier alpha value is -3.34. The van der Waals surface area contributed by atoms with Crippen LogP contribution < -0.4 is 4.90 Å². The van der Waals surface area contributed by atoms with Crippen LogP contribution in [0.25, 0.3) is 11.3 Å². The van der Waals surface area contributed by atoms with Crippen LogP contribution in [-0.2, 0) is 11.2 Å². The van der Waals surface area contributed by atoms with Crippen molar-refractivity contribution >= 4 is 17.4 Å². The Labute approximate surface area is 165 Å². The van der Waals surface area contributed by atoms with E-state index < -0.39 is 0 Å². The lowest BCUT2D eigenvalue weighted by Gasteiger charge is -2.18. The van der Waals surface area contributed by atoms with E-state index in [0.29, 0.717) is 18.4 Å². The summed E-state index contributed by atoms with van der Waals surface area (Å²) < 4.78 is 0. The molecule has 2 heterocycles. The summed E-state index contributed by atoms with van der Waals surface area (Å²) in [5.74, 6) is 0.0839. The van der Waals surface area contributed by atoms with Gasteiger partial charge in [0, 0.05) is 55.3 Å². The van der Waals surface area contributed by atoms with E-state index in [9.17, 15) is 9.59 Å². The van der Waals surface area contributed by atoms with Gasteiger partial charge in [0.1, 0.15) is 0 Å². The van der Waals surface area contributed by atoms with Crippen LogP contribution in [0.15, 0.2) is 61.1 Å². The zero-order chi connectivity index (χ0) is 20.1. The molecule has 5 heteroatoms. The highest BCUT2D eigenvalue weighted by molar-refractivity contribution is 5.97. The number of carbonyl (C=O) groups is 2. The van der Waals surface area contributed by atoms with Crippen molar-refractivity contribution in [3.8, 4) is 11.3 Å². The molecule has 0 unspecified atom stereocenters. The molecular weight excluding hydrogens is 350 g/mol. The molecule has 1 amide bonds. The first-order valence-electron chi connectivity index (χ1n) is 9.25. The Balaban J connectivity index is 1.78. The molecule has 0 saturated heterocycles. The van der Waals surface area contributed by atoms with Crippen LogP contribution in [0.2, 0.25) is 0 Å². The van der Waals surface area contributed by atoms with E-state index in [1.54, 1.807) is 36.6 Å². The number of pyridine rings is 2. The van der Waals surface area contributed by atoms with Gasteiger partial charge in [-0.15, -0.1) is 0 Å². The van der Waals surface area contributed by atoms with Crippen molar-refractivity contribution in [2.45, 2.75) is 26.7 Å². The Kier molecular flexibility index (Phi) is 5.94. The fraction of sp³-hybridized carbons (Fsp3) is 0.217. The first-order valence-corrected chi connectivity index (χ1v) is 9.25. The van der Waals surface area contributed by atoms with Crippen LogP contribution >= 0.6 is 0 Å². The number of carbonyl (C=O) groups excluding carboxylic acids is 2. The number of benzene rings is 1. The van der Waals surface area contributed by atoms with Gasteiger partial charge in [-0.25, -0.2) is 0 Å². The molecule has 0 fully saturated rings. The van der Waals surface area contributed by atoms with Crippen LogP contribution in [0.4, 0.5) is 5.69 Å². The molecule has 2 aromatic heterocycles. The molecule has 1 aromatic carbocycles. The van der Waals surface area contributed by atoms with E-state index in [0.717, 1.165) is 28.1 Å². The van der Waals surface area contributed by atoms with Crippen molar-refractivity contribution < 1.29 is 9.59 Å². The fourth-order valence-electron chi connectivity index (χ4n) is 3.03. The molecule has 0 aliphatic heterocycles. The number of amides is 1. The van der Waals surface area contributed by atoms with Crippen LogP contribution in [0.1, 0.15) is 34.8 Å². The van der Waals surface area contributed by atoms with Crippen LogP contribution in [0, 0.1) is 6.92 Å². The van der Waals surface area contributed by atoms with E-state index >= 15 is 0 Å². The van der Waals surface area contributed by atoms with Gasteiger partial charge in [0.05, 0.1) is 5.69 Å². The maximum absolute atomic E-state index is 12.4. The summed E-state index contributed by atoms with van der Waals surface area (Å²) in [6, 6.07) is 13.2. The Morgan fingerprint density at radius 1 is 1.07 bits per heavy atom. The van der Waals surface area contributed by atoms with Crippen molar-refractivity contribution in [1.82, 2.24) is 9.97 Å². The largest absolute Gasteiger partial charge is 0.316 e. The van der Waals surface area contributed by atoms with E-state index in [-0.39, 0.29) is 11.7 Å². The Morgan fingerprint density at radius 2 is 1.89 bits per heavy atom. The number of Topliss-reactive ketones (excluding diaryl/α,β-unsaturated/α-hetero) is 1. The summed E-state index contributed by atoms with van der Waals surface area (Å²) in [6.07, 6.45) is 5.78. The van der Waals surface area contributed by atoms with Gasteiger partial charge in [-0.1, -0.05) is 19.1 Å². The van der Waals surface area contributed by atoms with Gasteiger partial charge in [-0.05, 0) is 48.4 Å². The molecule has 0 N–H and O–H groups in total. The quantitative estimate of drug-likeness (QED) is 0.606. The molecule has 0 saturated carbocycles. The molecule has 0 spiro atoms. The maximum Gasteiger partial charge on any atom is 0.226 e. The zero-order valence-corrected chi connectivity index (χ0v) is 16.3. The lowest BCUT2D eigenvalue weighted by molar-refractivity contribution is -0.118. The minimum atomic E-state index is 0.0128. The highest BCUT2D eigenvalue weighted by Gasteiger charge is 2.12. The maximum atomic E-state index is 12.4. The predicted molar refractivity (Wildman–Crippen MR) is 110 cm³/mol. The minimum absolute atomic E-state index is 0.0128. The SMILES string of the molecule is CCC(=O)N(C)c1ccc(-c2ccc(C(=O)Cc3cccnc3)cn2)c(C)c1. The van der Waals surface area contributed by atoms with E-state index in [1.165, 1.54) is 0 Å². The first kappa shape index (κ1) is 19.4. The summed E-state index contributed by atoms with van der Waals surface area (Å²) in [5.41, 5.74) is 5.12. The number of aromatic nitrogens is 2. The topological polar surface area (TPSA) is 63.2 Å². The summed E-state index contributed by atoms with van der Waals surface area (Å²) in [4.78, 5) is 34.5. The number of rotatable bonds is 6. The molecule has 5 nitrogen and oxygen atoms in total. The summed E-state index contributed by atoms with van der Waals surface area (Å²) in [6.45, 7) is 3.84. The Morgan fingerprint density at radius 3 is 2.50 bits per heavy atom. The lowest BCUT2D eigenvalue weighted by atomic mass is 10.0. The summed E-state index contributed by atoms with van der Waals surface area (Å²) >= 11 is 0. The molecular formula is C23H23N3O2. The average Bonchev–Trinajstić information content (AvgIpc) is 2.73.